The van der Waals surface area contributed by atoms with Gasteiger partial charge >= 0.3 is 5.97 Å². The Balaban J connectivity index is 0.000000878. The average Bonchev–Trinajstić information content (AvgIpc) is 3.39. The Hall–Kier alpha value is -1.41. The van der Waals surface area contributed by atoms with Gasteiger partial charge in [0, 0.05) is 19.4 Å². The predicted molar refractivity (Wildman–Crippen MR) is 107 cm³/mol. The van der Waals surface area contributed by atoms with E-state index in [4.69, 9.17) is 9.47 Å². The maximum atomic E-state index is 12.7. The first-order valence-corrected chi connectivity index (χ1v) is 11.9. The zero-order valence-electron chi connectivity index (χ0n) is 17.3. The van der Waals surface area contributed by atoms with Gasteiger partial charge in [0.15, 0.2) is 9.84 Å². The molecule has 7 nitrogen and oxygen atoms in total. The number of carbonyl (C=O) groups excluding carboxylic acids is 1. The number of ether oxygens (including phenoxy) is 2. The van der Waals surface area contributed by atoms with Crippen LogP contribution in [0.3, 0.4) is 0 Å². The maximum absolute atomic E-state index is 12.7. The van der Waals surface area contributed by atoms with Gasteiger partial charge in [-0.25, -0.2) is 13.2 Å². The van der Waals surface area contributed by atoms with Crippen molar-refractivity contribution in [3.05, 3.63) is 12.4 Å². The van der Waals surface area contributed by atoms with Crippen LogP contribution in [0, 0.1) is 5.92 Å². The summed E-state index contributed by atoms with van der Waals surface area (Å²) in [5.41, 5.74) is 0. The van der Waals surface area contributed by atoms with E-state index in [2.05, 4.69) is 18.9 Å². The highest BCUT2D eigenvalue weighted by Gasteiger charge is 2.33. The molecule has 1 aromatic rings. The van der Waals surface area contributed by atoms with E-state index >= 15 is 0 Å². The first kappa shape index (κ1) is 22.9. The summed E-state index contributed by atoms with van der Waals surface area (Å²) in [5.74, 6) is -0.0451. The van der Waals surface area contributed by atoms with Gasteiger partial charge in [0.2, 0.25) is 0 Å². The first-order chi connectivity index (χ1) is 13.4. The van der Waals surface area contributed by atoms with Gasteiger partial charge in [-0.15, -0.1) is 0 Å². The van der Waals surface area contributed by atoms with Crippen molar-refractivity contribution in [2.24, 2.45) is 5.92 Å². The van der Waals surface area contributed by atoms with E-state index in [9.17, 15) is 13.2 Å². The molecule has 8 heteroatoms. The van der Waals surface area contributed by atoms with E-state index in [1.54, 1.807) is 0 Å². The standard InChI is InChI=1S/C17H26N2O5S.C3H8/c1-23-17(20)16(10-13-6-8-24-9-7-13)19-12-15(11-18-19)25(21,22)14-4-2-3-5-14;1-3-2/h11-14,16H,2-10H2,1H3;3H2,1-2H3. The highest BCUT2D eigenvalue weighted by Crippen LogP contribution is 2.31. The second-order valence-corrected chi connectivity index (χ2v) is 9.87. The van der Waals surface area contributed by atoms with E-state index in [1.165, 1.54) is 30.6 Å². The lowest BCUT2D eigenvalue weighted by atomic mass is 9.92. The molecule has 1 saturated carbocycles. The van der Waals surface area contributed by atoms with Crippen molar-refractivity contribution in [1.82, 2.24) is 9.78 Å². The van der Waals surface area contributed by atoms with Crippen molar-refractivity contribution in [3.8, 4) is 0 Å². The van der Waals surface area contributed by atoms with Crippen molar-refractivity contribution in [1.29, 1.82) is 0 Å². The van der Waals surface area contributed by atoms with E-state index in [1.807, 2.05) is 0 Å². The van der Waals surface area contributed by atoms with Gasteiger partial charge in [-0.3, -0.25) is 4.68 Å². The van der Waals surface area contributed by atoms with Crippen LogP contribution >= 0.6 is 0 Å². The van der Waals surface area contributed by atoms with Gasteiger partial charge in [-0.05, 0) is 38.0 Å². The minimum Gasteiger partial charge on any atom is -0.467 e. The Morgan fingerprint density at radius 2 is 1.86 bits per heavy atom. The minimum absolute atomic E-state index is 0.209. The molecule has 1 saturated heterocycles. The molecular formula is C20H34N2O5S. The van der Waals surface area contributed by atoms with Crippen molar-refractivity contribution < 1.29 is 22.7 Å². The molecule has 1 aliphatic carbocycles. The summed E-state index contributed by atoms with van der Waals surface area (Å²) in [6.07, 6.45) is 9.79. The molecule has 0 bridgehead atoms. The van der Waals surface area contributed by atoms with Crippen LogP contribution in [0.1, 0.15) is 71.3 Å². The van der Waals surface area contributed by atoms with Gasteiger partial charge in [0.1, 0.15) is 10.9 Å². The Labute approximate surface area is 168 Å². The molecule has 0 aromatic carbocycles. The number of rotatable bonds is 6. The fourth-order valence-corrected chi connectivity index (χ4v) is 5.56. The summed E-state index contributed by atoms with van der Waals surface area (Å²) in [4.78, 5) is 12.4. The zero-order chi connectivity index (χ0) is 20.6. The summed E-state index contributed by atoms with van der Waals surface area (Å²) in [6, 6.07) is -0.597. The second kappa shape index (κ2) is 11.0. The van der Waals surface area contributed by atoms with Gasteiger partial charge in [0.25, 0.3) is 0 Å². The summed E-state index contributed by atoms with van der Waals surface area (Å²) in [6.45, 7) is 5.64. The molecule has 2 heterocycles. The molecule has 0 radical (unpaired) electrons. The van der Waals surface area contributed by atoms with E-state index < -0.39 is 15.9 Å². The highest BCUT2D eigenvalue weighted by molar-refractivity contribution is 7.92. The largest absolute Gasteiger partial charge is 0.467 e. The van der Waals surface area contributed by atoms with Crippen LogP contribution in [-0.2, 0) is 24.1 Å². The number of carbonyl (C=O) groups is 1. The lowest BCUT2D eigenvalue weighted by Gasteiger charge is -2.25. The highest BCUT2D eigenvalue weighted by atomic mass is 32.2. The van der Waals surface area contributed by atoms with E-state index in [0.29, 0.717) is 38.4 Å². The monoisotopic (exact) mass is 414 g/mol. The van der Waals surface area contributed by atoms with Crippen LogP contribution in [0.15, 0.2) is 17.3 Å². The van der Waals surface area contributed by atoms with E-state index in [-0.39, 0.29) is 16.1 Å². The molecule has 160 valence electrons. The molecule has 0 N–H and O–H groups in total. The van der Waals surface area contributed by atoms with E-state index in [0.717, 1.165) is 25.7 Å². The molecule has 1 unspecified atom stereocenters. The number of hydrogen-bond acceptors (Lipinski definition) is 6. The van der Waals surface area contributed by atoms with Crippen LogP contribution < -0.4 is 0 Å². The summed E-state index contributed by atoms with van der Waals surface area (Å²) >= 11 is 0. The normalized spacial score (nSPS) is 19.7. The fraction of sp³-hybridized carbons (Fsp3) is 0.800. The van der Waals surface area contributed by atoms with Crippen molar-refractivity contribution in [2.45, 2.75) is 81.4 Å². The lowest BCUT2D eigenvalue weighted by molar-refractivity contribution is -0.145. The molecule has 1 aromatic heterocycles. The molecule has 1 aliphatic heterocycles. The molecule has 3 rings (SSSR count). The molecule has 1 atom stereocenters. The van der Waals surface area contributed by atoms with Crippen LogP contribution in [0.4, 0.5) is 0 Å². The van der Waals surface area contributed by atoms with Gasteiger partial charge < -0.3 is 9.47 Å². The topological polar surface area (TPSA) is 87.5 Å². The van der Waals surface area contributed by atoms with Crippen LogP contribution in [0.2, 0.25) is 0 Å². The Morgan fingerprint density at radius 1 is 1.25 bits per heavy atom. The molecule has 0 spiro atoms. The Kier molecular flexibility index (Phi) is 8.95. The average molecular weight is 415 g/mol. The number of esters is 1. The smallest absolute Gasteiger partial charge is 0.330 e. The molecule has 2 aliphatic rings. The number of sulfone groups is 1. The number of hydrogen-bond donors (Lipinski definition) is 0. The predicted octanol–water partition coefficient (Wildman–Crippen LogP) is 3.55. The molecule has 28 heavy (non-hydrogen) atoms. The van der Waals surface area contributed by atoms with Gasteiger partial charge in [-0.2, -0.15) is 5.10 Å². The number of aromatic nitrogens is 2. The van der Waals surface area contributed by atoms with Crippen LogP contribution in [0.5, 0.6) is 0 Å². The first-order valence-electron chi connectivity index (χ1n) is 10.4. The van der Waals surface area contributed by atoms with Crippen molar-refractivity contribution in [3.63, 3.8) is 0 Å². The summed E-state index contributed by atoms with van der Waals surface area (Å²) < 4.78 is 37.2. The molecule has 0 amide bonds. The third-order valence-corrected chi connectivity index (χ3v) is 7.55. The zero-order valence-corrected chi connectivity index (χ0v) is 18.1. The fourth-order valence-electron chi connectivity index (χ4n) is 3.78. The molecular weight excluding hydrogens is 380 g/mol. The summed E-state index contributed by atoms with van der Waals surface area (Å²) in [7, 11) is -2.03. The Morgan fingerprint density at radius 3 is 2.43 bits per heavy atom. The van der Waals surface area contributed by atoms with Crippen LogP contribution in [0.25, 0.3) is 0 Å². The van der Waals surface area contributed by atoms with Crippen molar-refractivity contribution in [2.75, 3.05) is 20.3 Å². The third-order valence-electron chi connectivity index (χ3n) is 5.34. The summed E-state index contributed by atoms with van der Waals surface area (Å²) in [5, 5.41) is 3.87. The van der Waals surface area contributed by atoms with Gasteiger partial charge in [0.05, 0.1) is 18.6 Å². The van der Waals surface area contributed by atoms with Crippen LogP contribution in [-0.4, -0.2) is 49.7 Å². The minimum atomic E-state index is -3.37. The SMILES string of the molecule is CCC.COC(=O)C(CC1CCOCC1)n1cc(S(=O)(=O)C2CCCC2)cn1. The molecule has 2 fully saturated rings. The lowest BCUT2D eigenvalue weighted by Crippen LogP contribution is -2.27. The van der Waals surface area contributed by atoms with Gasteiger partial charge in [-0.1, -0.05) is 33.1 Å². The number of methoxy groups -OCH3 is 1. The second-order valence-electron chi connectivity index (χ2n) is 7.65. The number of nitrogens with zero attached hydrogens (tertiary/aromatic N) is 2. The maximum Gasteiger partial charge on any atom is 0.330 e. The van der Waals surface area contributed by atoms with Crippen molar-refractivity contribution >= 4 is 15.8 Å². The Bertz CT molecular complexity index is 704. The third kappa shape index (κ3) is 5.80. The quantitative estimate of drug-likeness (QED) is 0.662.